The van der Waals surface area contributed by atoms with Crippen LogP contribution in [0.15, 0.2) is 0 Å². The molecule has 3 rings (SSSR count). The van der Waals surface area contributed by atoms with Crippen molar-refractivity contribution >= 4 is 5.91 Å². The Morgan fingerprint density at radius 3 is 2.33 bits per heavy atom. The quantitative estimate of drug-likeness (QED) is 0.664. The fourth-order valence-electron chi connectivity index (χ4n) is 3.45. The predicted octanol–water partition coefficient (Wildman–Crippen LogP) is -0.171. The highest BCUT2D eigenvalue weighted by molar-refractivity contribution is 5.80. The van der Waals surface area contributed by atoms with E-state index in [0.717, 1.165) is 13.0 Å². The molecule has 0 aromatic carbocycles. The second-order valence-corrected chi connectivity index (χ2v) is 5.21. The lowest BCUT2D eigenvalue weighted by molar-refractivity contribution is -0.130. The molecule has 4 heteroatoms. The molecule has 84 valence electrons. The molecular formula is C11H19N3O. The molecule has 3 heterocycles. The molecule has 0 radical (unpaired) electrons. The molecule has 15 heavy (non-hydrogen) atoms. The van der Waals surface area contributed by atoms with Crippen LogP contribution in [0.1, 0.15) is 32.1 Å². The molecule has 3 atom stereocenters. The van der Waals surface area contributed by atoms with Gasteiger partial charge >= 0.3 is 0 Å². The van der Waals surface area contributed by atoms with Crippen LogP contribution in [0.4, 0.5) is 0 Å². The smallest absolute Gasteiger partial charge is 0.234 e. The summed E-state index contributed by atoms with van der Waals surface area (Å²) in [6, 6.07) is 2.04. The van der Waals surface area contributed by atoms with E-state index in [4.69, 9.17) is 5.73 Å². The van der Waals surface area contributed by atoms with Crippen molar-refractivity contribution in [3.8, 4) is 0 Å². The van der Waals surface area contributed by atoms with Gasteiger partial charge in [0.05, 0.1) is 6.04 Å². The number of likely N-dealkylation sites (tertiary alicyclic amines) is 1. The fourth-order valence-corrected chi connectivity index (χ4v) is 3.45. The molecule has 0 aromatic rings. The summed E-state index contributed by atoms with van der Waals surface area (Å²) in [5.74, 6) is -0.132. The maximum Gasteiger partial charge on any atom is 0.234 e. The third kappa shape index (κ3) is 1.56. The molecular weight excluding hydrogens is 190 g/mol. The van der Waals surface area contributed by atoms with Gasteiger partial charge in [-0.2, -0.15) is 0 Å². The summed E-state index contributed by atoms with van der Waals surface area (Å²) in [7, 11) is 0. The van der Waals surface area contributed by atoms with E-state index in [0.29, 0.717) is 18.1 Å². The van der Waals surface area contributed by atoms with Gasteiger partial charge in [0.2, 0.25) is 5.91 Å². The van der Waals surface area contributed by atoms with Gasteiger partial charge in [0.25, 0.3) is 0 Å². The molecule has 0 saturated carbocycles. The Bertz CT molecular complexity index is 269. The minimum absolute atomic E-state index is 0.0347. The highest BCUT2D eigenvalue weighted by atomic mass is 16.1. The summed E-state index contributed by atoms with van der Waals surface area (Å²) < 4.78 is 0. The first-order valence-corrected chi connectivity index (χ1v) is 6.05. The zero-order valence-electron chi connectivity index (χ0n) is 8.98. The number of carbonyl (C=O) groups excluding carboxylic acids is 1. The Morgan fingerprint density at radius 1 is 1.20 bits per heavy atom. The number of carbonyl (C=O) groups is 1. The molecule has 2 bridgehead atoms. The monoisotopic (exact) mass is 209 g/mol. The van der Waals surface area contributed by atoms with Gasteiger partial charge in [0.15, 0.2) is 0 Å². The van der Waals surface area contributed by atoms with Crippen LogP contribution in [-0.4, -0.2) is 41.5 Å². The van der Waals surface area contributed by atoms with Gasteiger partial charge in [0.1, 0.15) is 0 Å². The number of nitrogens with zero attached hydrogens (tertiary/aromatic N) is 1. The number of fused-ring (bicyclic) bond motifs is 2. The molecule has 3 unspecified atom stereocenters. The number of hydrogen-bond donors (Lipinski definition) is 2. The Hall–Kier alpha value is -0.610. The second-order valence-electron chi connectivity index (χ2n) is 5.21. The lowest BCUT2D eigenvalue weighted by atomic mass is 9.91. The first-order valence-electron chi connectivity index (χ1n) is 6.05. The second kappa shape index (κ2) is 3.46. The number of amides is 1. The summed E-state index contributed by atoms with van der Waals surface area (Å²) in [4.78, 5) is 13.5. The summed E-state index contributed by atoms with van der Waals surface area (Å²) >= 11 is 0. The van der Waals surface area contributed by atoms with Crippen LogP contribution in [0, 0.1) is 0 Å². The van der Waals surface area contributed by atoms with Crippen molar-refractivity contribution in [3.05, 3.63) is 0 Å². The van der Waals surface area contributed by atoms with Crippen LogP contribution in [0.2, 0.25) is 0 Å². The summed E-state index contributed by atoms with van der Waals surface area (Å²) in [6.07, 6.45) is 6.02. The SMILES string of the molecule is NC(=O)C1CCN1C1CC2CCC(C1)N2. The van der Waals surface area contributed by atoms with E-state index in [1.165, 1.54) is 25.7 Å². The Kier molecular flexibility index (Phi) is 2.21. The number of hydrogen-bond acceptors (Lipinski definition) is 3. The van der Waals surface area contributed by atoms with Gasteiger partial charge in [-0.3, -0.25) is 9.69 Å². The fraction of sp³-hybridized carbons (Fsp3) is 0.909. The highest BCUT2D eigenvalue weighted by Crippen LogP contribution is 2.33. The Morgan fingerprint density at radius 2 is 1.87 bits per heavy atom. The zero-order valence-corrected chi connectivity index (χ0v) is 8.98. The van der Waals surface area contributed by atoms with Crippen molar-refractivity contribution in [2.24, 2.45) is 5.73 Å². The van der Waals surface area contributed by atoms with Crippen LogP contribution >= 0.6 is 0 Å². The van der Waals surface area contributed by atoms with E-state index in [-0.39, 0.29) is 11.9 Å². The van der Waals surface area contributed by atoms with Crippen molar-refractivity contribution in [2.75, 3.05) is 6.54 Å². The number of rotatable bonds is 2. The first kappa shape index (κ1) is 9.60. The molecule has 0 aliphatic carbocycles. The lowest BCUT2D eigenvalue weighted by Gasteiger charge is -2.47. The molecule has 0 spiro atoms. The Balaban J connectivity index is 1.65. The van der Waals surface area contributed by atoms with Gasteiger partial charge in [-0.05, 0) is 32.1 Å². The average Bonchev–Trinajstić information content (AvgIpc) is 2.42. The van der Waals surface area contributed by atoms with Gasteiger partial charge < -0.3 is 11.1 Å². The van der Waals surface area contributed by atoms with E-state index < -0.39 is 0 Å². The molecule has 4 nitrogen and oxygen atoms in total. The van der Waals surface area contributed by atoms with Gasteiger partial charge in [-0.1, -0.05) is 0 Å². The van der Waals surface area contributed by atoms with E-state index >= 15 is 0 Å². The van der Waals surface area contributed by atoms with Crippen molar-refractivity contribution in [3.63, 3.8) is 0 Å². The zero-order chi connectivity index (χ0) is 10.4. The third-order valence-electron chi connectivity index (χ3n) is 4.31. The van der Waals surface area contributed by atoms with E-state index in [1.807, 2.05) is 0 Å². The molecule has 3 aliphatic rings. The van der Waals surface area contributed by atoms with E-state index in [1.54, 1.807) is 0 Å². The van der Waals surface area contributed by atoms with E-state index in [9.17, 15) is 4.79 Å². The average molecular weight is 209 g/mol. The normalized spacial score (nSPS) is 45.1. The number of nitrogens with one attached hydrogen (secondary N) is 1. The van der Waals surface area contributed by atoms with Crippen LogP contribution in [0.5, 0.6) is 0 Å². The largest absolute Gasteiger partial charge is 0.368 e. The summed E-state index contributed by atoms with van der Waals surface area (Å²) in [5, 5.41) is 3.62. The summed E-state index contributed by atoms with van der Waals surface area (Å²) in [5.41, 5.74) is 5.38. The van der Waals surface area contributed by atoms with Crippen LogP contribution < -0.4 is 11.1 Å². The highest BCUT2D eigenvalue weighted by Gasteiger charge is 2.42. The molecule has 1 amide bonds. The van der Waals surface area contributed by atoms with Gasteiger partial charge in [-0.25, -0.2) is 0 Å². The maximum atomic E-state index is 11.2. The van der Waals surface area contributed by atoms with Crippen molar-refractivity contribution in [1.29, 1.82) is 0 Å². The van der Waals surface area contributed by atoms with Crippen LogP contribution in [-0.2, 0) is 4.79 Å². The van der Waals surface area contributed by atoms with Gasteiger partial charge in [-0.15, -0.1) is 0 Å². The predicted molar refractivity (Wildman–Crippen MR) is 57.3 cm³/mol. The van der Waals surface area contributed by atoms with Gasteiger partial charge in [0, 0.05) is 24.7 Å². The standard InChI is InChI=1S/C11H19N3O/c12-11(15)10-3-4-14(10)9-5-7-1-2-8(6-9)13-7/h7-10,13H,1-6H2,(H2,12,15). The first-order chi connectivity index (χ1) is 7.24. The Labute approximate surface area is 90.2 Å². The topological polar surface area (TPSA) is 58.4 Å². The van der Waals surface area contributed by atoms with Crippen molar-refractivity contribution < 1.29 is 4.79 Å². The van der Waals surface area contributed by atoms with Crippen LogP contribution in [0.3, 0.4) is 0 Å². The number of primary amides is 1. The maximum absolute atomic E-state index is 11.2. The number of nitrogens with two attached hydrogens (primary N) is 1. The molecule has 0 aromatic heterocycles. The number of piperidine rings is 1. The van der Waals surface area contributed by atoms with E-state index in [2.05, 4.69) is 10.2 Å². The van der Waals surface area contributed by atoms with Crippen LogP contribution in [0.25, 0.3) is 0 Å². The van der Waals surface area contributed by atoms with Crippen molar-refractivity contribution in [2.45, 2.75) is 56.3 Å². The third-order valence-corrected chi connectivity index (χ3v) is 4.31. The molecule has 3 N–H and O–H groups in total. The minimum Gasteiger partial charge on any atom is -0.368 e. The molecule has 3 fully saturated rings. The van der Waals surface area contributed by atoms with Crippen molar-refractivity contribution in [1.82, 2.24) is 10.2 Å². The molecule has 3 aliphatic heterocycles. The minimum atomic E-state index is -0.132. The summed E-state index contributed by atoms with van der Waals surface area (Å²) in [6.45, 7) is 1.07. The lowest BCUT2D eigenvalue weighted by Crippen LogP contribution is -2.61. The molecule has 3 saturated heterocycles.